The largest absolute Gasteiger partial charge is 0.469 e. The van der Waals surface area contributed by atoms with Gasteiger partial charge in [0.2, 0.25) is 5.79 Å². The Bertz CT molecular complexity index is 1620. The number of aliphatic hydroxyl groups is 1. The molecule has 322 valence electrons. The number of hydrogen-bond donors (Lipinski definition) is 2. The molecule has 0 aromatic carbocycles. The van der Waals surface area contributed by atoms with Crippen molar-refractivity contribution >= 4 is 11.9 Å². The first-order valence-corrected chi connectivity index (χ1v) is 22.0. The maximum atomic E-state index is 12.6. The van der Waals surface area contributed by atoms with Crippen molar-refractivity contribution in [3.05, 3.63) is 29.1 Å². The lowest BCUT2D eigenvalue weighted by molar-refractivity contribution is -0.408. The van der Waals surface area contributed by atoms with Gasteiger partial charge in [0, 0.05) is 36.8 Å². The predicted octanol–water partition coefficient (Wildman–Crippen LogP) is 7.95. The maximum absolute atomic E-state index is 12.6. The first-order valence-electron chi connectivity index (χ1n) is 22.0. The van der Waals surface area contributed by atoms with Crippen LogP contribution in [0.4, 0.5) is 0 Å². The van der Waals surface area contributed by atoms with E-state index in [0.29, 0.717) is 44.4 Å². The van der Waals surface area contributed by atoms with Crippen LogP contribution >= 0.6 is 0 Å². The molecule has 5 aliphatic heterocycles. The van der Waals surface area contributed by atoms with E-state index in [2.05, 4.69) is 53.6 Å². The number of aromatic amines is 1. The molecular weight excluding hydrogens is 728 g/mol. The number of nitrogens with one attached hydrogen (secondary N) is 1. The standard InChI is InChI=1S/C45H72N2O10/c1-13-32(41(49)51-12)34-17-16-25(4)39(54-34)29(8)37-28(7)38(47-46-37)33(14-2)40-26(5)24-27(6)44(55-40)21-19-36(53-31(10)48)45(57-44)23-22-42(11,56-45)35-18-20-43(50,15-3)30(9)52-35/h19,21,25-27,29-30,32-36,39-40,50H,13-18,20,22-24H2,1-12H3,(H,46,47)/t25-,26-,27+,29-,30-,32+,33-,34+,35+,36+,39+,40-,42-,43+,44-,45-/m0/s1. The van der Waals surface area contributed by atoms with Crippen molar-refractivity contribution in [1.82, 2.24) is 10.2 Å². The zero-order valence-corrected chi connectivity index (χ0v) is 36.7. The van der Waals surface area contributed by atoms with Crippen molar-refractivity contribution in [3.8, 4) is 0 Å². The lowest BCUT2D eigenvalue weighted by Gasteiger charge is -2.54. The summed E-state index contributed by atoms with van der Waals surface area (Å²) in [5, 5.41) is 19.6. The van der Waals surface area contributed by atoms with E-state index in [-0.39, 0.29) is 66.1 Å². The average molecular weight is 801 g/mol. The van der Waals surface area contributed by atoms with E-state index >= 15 is 0 Å². The number of ether oxygens (including phenoxy) is 7. The number of rotatable bonds is 11. The summed E-state index contributed by atoms with van der Waals surface area (Å²) in [4.78, 5) is 25.1. The molecular formula is C45H72N2O10. The number of hydrogen-bond acceptors (Lipinski definition) is 11. The molecule has 12 nitrogen and oxygen atoms in total. The minimum atomic E-state index is -1.28. The molecule has 2 N–H and O–H groups in total. The fraction of sp³-hybridized carbons (Fsp3) is 0.844. The van der Waals surface area contributed by atoms with Gasteiger partial charge in [0.1, 0.15) is 0 Å². The summed E-state index contributed by atoms with van der Waals surface area (Å²) in [6, 6.07) is 0. The predicted molar refractivity (Wildman–Crippen MR) is 214 cm³/mol. The normalized spacial score (nSPS) is 42.5. The van der Waals surface area contributed by atoms with Gasteiger partial charge in [-0.1, -0.05) is 48.5 Å². The number of methoxy groups -OCH3 is 1. The molecule has 0 saturated carbocycles. The molecule has 5 aliphatic rings. The minimum absolute atomic E-state index is 0.0000671. The quantitative estimate of drug-likeness (QED) is 0.166. The van der Waals surface area contributed by atoms with Crippen molar-refractivity contribution in [3.63, 3.8) is 0 Å². The molecule has 0 amide bonds. The second-order valence-electron chi connectivity index (χ2n) is 18.6. The molecule has 2 spiro atoms. The molecule has 4 saturated heterocycles. The highest BCUT2D eigenvalue weighted by molar-refractivity contribution is 5.73. The van der Waals surface area contributed by atoms with Crippen molar-refractivity contribution in [1.29, 1.82) is 0 Å². The minimum Gasteiger partial charge on any atom is -0.469 e. The Balaban J connectivity index is 1.25. The molecule has 4 fully saturated rings. The van der Waals surface area contributed by atoms with Crippen LogP contribution in [-0.4, -0.2) is 93.8 Å². The molecule has 12 heteroatoms. The summed E-state index contributed by atoms with van der Waals surface area (Å²) in [6.07, 6.45) is 9.11. The highest BCUT2D eigenvalue weighted by Gasteiger charge is 2.64. The van der Waals surface area contributed by atoms with E-state index < -0.39 is 34.8 Å². The molecule has 1 aromatic rings. The number of nitrogens with zero attached hydrogens (tertiary/aromatic N) is 1. The van der Waals surface area contributed by atoms with Gasteiger partial charge in [0.15, 0.2) is 11.9 Å². The molecule has 57 heavy (non-hydrogen) atoms. The van der Waals surface area contributed by atoms with Gasteiger partial charge in [0.25, 0.3) is 0 Å². The van der Waals surface area contributed by atoms with Crippen LogP contribution in [0.5, 0.6) is 0 Å². The fourth-order valence-corrected chi connectivity index (χ4v) is 11.1. The van der Waals surface area contributed by atoms with Crippen LogP contribution in [0.3, 0.4) is 0 Å². The molecule has 0 bridgehead atoms. The van der Waals surface area contributed by atoms with Gasteiger partial charge in [-0.25, -0.2) is 0 Å². The topological polar surface area (TPSA) is 148 Å². The Morgan fingerprint density at radius 3 is 2.37 bits per heavy atom. The maximum Gasteiger partial charge on any atom is 0.311 e. The van der Waals surface area contributed by atoms with E-state index in [1.807, 2.05) is 32.9 Å². The van der Waals surface area contributed by atoms with Gasteiger partial charge in [-0.2, -0.15) is 5.10 Å². The van der Waals surface area contributed by atoms with E-state index in [1.54, 1.807) is 0 Å². The van der Waals surface area contributed by atoms with Crippen LogP contribution in [0.2, 0.25) is 0 Å². The van der Waals surface area contributed by atoms with Crippen LogP contribution in [0, 0.1) is 30.6 Å². The summed E-state index contributed by atoms with van der Waals surface area (Å²) in [5.41, 5.74) is 1.53. The molecule has 0 aliphatic carbocycles. The Kier molecular flexibility index (Phi) is 13.2. The third kappa shape index (κ3) is 8.13. The van der Waals surface area contributed by atoms with E-state index in [9.17, 15) is 14.7 Å². The van der Waals surface area contributed by atoms with Crippen molar-refractivity contribution in [2.24, 2.45) is 23.7 Å². The second-order valence-corrected chi connectivity index (χ2v) is 18.6. The van der Waals surface area contributed by atoms with Gasteiger partial charge in [-0.05, 0) is 108 Å². The Hall–Kier alpha value is -2.35. The molecule has 6 heterocycles. The first-order chi connectivity index (χ1) is 26.9. The third-order valence-corrected chi connectivity index (χ3v) is 14.9. The Labute approximate surface area is 340 Å². The zero-order chi connectivity index (χ0) is 41.7. The highest BCUT2D eigenvalue weighted by Crippen LogP contribution is 2.55. The lowest BCUT2D eigenvalue weighted by atomic mass is 9.76. The highest BCUT2D eigenvalue weighted by atomic mass is 16.8. The number of carbonyl (C=O) groups is 2. The fourth-order valence-electron chi connectivity index (χ4n) is 11.1. The summed E-state index contributed by atoms with van der Waals surface area (Å²) in [5.74, 6) is -2.85. The van der Waals surface area contributed by atoms with Crippen LogP contribution in [-0.2, 0) is 42.7 Å². The van der Waals surface area contributed by atoms with Crippen molar-refractivity contribution < 1.29 is 47.9 Å². The van der Waals surface area contributed by atoms with E-state index in [1.165, 1.54) is 14.0 Å². The van der Waals surface area contributed by atoms with Crippen LogP contribution in [0.25, 0.3) is 0 Å². The number of H-pyrrole nitrogens is 1. The molecule has 6 rings (SSSR count). The van der Waals surface area contributed by atoms with Crippen LogP contribution in [0.15, 0.2) is 12.2 Å². The van der Waals surface area contributed by atoms with Crippen molar-refractivity contribution in [2.75, 3.05) is 7.11 Å². The number of aromatic nitrogens is 2. The van der Waals surface area contributed by atoms with Crippen LogP contribution < -0.4 is 0 Å². The van der Waals surface area contributed by atoms with Gasteiger partial charge in [-0.15, -0.1) is 0 Å². The molecule has 0 unspecified atom stereocenters. The zero-order valence-electron chi connectivity index (χ0n) is 36.7. The molecule has 0 radical (unpaired) electrons. The SMILES string of the molecule is CC[C@@H](C(=O)OC)[C@H]1CC[C@H](C)[C@H]([C@@H](C)c2n[nH]c([C@H](CC)[C@H]3O[C@]4(C=C[C@@H](OC(C)=O)[C@]5(CC[C@@](C)([C@H]6CC[C@](O)(CC)[C@H](C)O6)O5)O4)[C@H](C)C[C@@H]3C)c2C)O1. The van der Waals surface area contributed by atoms with Gasteiger partial charge in [-0.3, -0.25) is 14.7 Å². The Morgan fingerprint density at radius 2 is 1.74 bits per heavy atom. The second kappa shape index (κ2) is 17.0. The van der Waals surface area contributed by atoms with Gasteiger partial charge >= 0.3 is 11.9 Å². The summed E-state index contributed by atoms with van der Waals surface area (Å²) < 4.78 is 45.9. The smallest absolute Gasteiger partial charge is 0.311 e. The van der Waals surface area contributed by atoms with Crippen LogP contribution in [0.1, 0.15) is 162 Å². The summed E-state index contributed by atoms with van der Waals surface area (Å²) in [7, 11) is 1.45. The van der Waals surface area contributed by atoms with E-state index in [0.717, 1.165) is 42.6 Å². The van der Waals surface area contributed by atoms with E-state index in [4.69, 9.17) is 38.3 Å². The molecule has 16 atom stereocenters. The monoisotopic (exact) mass is 801 g/mol. The lowest BCUT2D eigenvalue weighted by Crippen LogP contribution is -2.63. The van der Waals surface area contributed by atoms with Gasteiger partial charge < -0.3 is 38.3 Å². The Morgan fingerprint density at radius 1 is 1.00 bits per heavy atom. The number of carbonyl (C=O) groups excluding carboxylic acids is 2. The van der Waals surface area contributed by atoms with Crippen molar-refractivity contribution in [2.45, 2.75) is 212 Å². The van der Waals surface area contributed by atoms with Gasteiger partial charge in [0.05, 0.1) is 60.4 Å². The number of esters is 2. The average Bonchev–Trinajstić information content (AvgIpc) is 3.73. The third-order valence-electron chi connectivity index (χ3n) is 14.9. The first kappa shape index (κ1) is 44.2. The molecule has 1 aromatic heterocycles. The summed E-state index contributed by atoms with van der Waals surface area (Å²) in [6.45, 7) is 22.6. The summed E-state index contributed by atoms with van der Waals surface area (Å²) >= 11 is 0.